The van der Waals surface area contributed by atoms with E-state index in [1.54, 1.807) is 46.9 Å². The molecule has 0 radical (unpaired) electrons. The average Bonchev–Trinajstić information content (AvgIpc) is 2.85. The van der Waals surface area contributed by atoms with Crippen LogP contribution in [0.1, 0.15) is 53.7 Å². The number of carbonyl (C=O) groups is 4. The summed E-state index contributed by atoms with van der Waals surface area (Å²) >= 11 is 0. The van der Waals surface area contributed by atoms with Crippen LogP contribution < -0.4 is 10.2 Å². The molecular weight excluding hydrogens is 464 g/mol. The summed E-state index contributed by atoms with van der Waals surface area (Å²) in [6, 6.07) is 11.6. The van der Waals surface area contributed by atoms with Crippen molar-refractivity contribution >= 4 is 29.6 Å². The number of aryl methyl sites for hydroxylation is 2. The van der Waals surface area contributed by atoms with Crippen LogP contribution >= 0.6 is 0 Å². The van der Waals surface area contributed by atoms with Gasteiger partial charge in [0.15, 0.2) is 0 Å². The molecule has 0 aromatic heterocycles. The minimum absolute atomic E-state index is 0.0372. The zero-order valence-electron chi connectivity index (χ0n) is 21.5. The van der Waals surface area contributed by atoms with Crippen LogP contribution in [-0.2, 0) is 30.4 Å². The molecule has 0 aliphatic heterocycles. The SMILES string of the molecule is CCOC(=O)CCC(NC(=O)c1cc(C)c(N(C)C(=O)OCc2ccccc2)c(C)c1)C(=O)OCC. The van der Waals surface area contributed by atoms with Gasteiger partial charge in [-0.05, 0) is 62.9 Å². The largest absolute Gasteiger partial charge is 0.466 e. The number of nitrogens with zero attached hydrogens (tertiary/aromatic N) is 1. The molecule has 194 valence electrons. The van der Waals surface area contributed by atoms with E-state index in [2.05, 4.69) is 5.32 Å². The first-order chi connectivity index (χ1) is 17.2. The zero-order chi connectivity index (χ0) is 26.7. The summed E-state index contributed by atoms with van der Waals surface area (Å²) in [5, 5.41) is 2.65. The van der Waals surface area contributed by atoms with Crippen molar-refractivity contribution in [2.45, 2.75) is 53.2 Å². The summed E-state index contributed by atoms with van der Waals surface area (Å²) in [6.07, 6.45) is -0.511. The van der Waals surface area contributed by atoms with Crippen LogP contribution in [0.2, 0.25) is 0 Å². The van der Waals surface area contributed by atoms with Crippen LogP contribution in [0.25, 0.3) is 0 Å². The highest BCUT2D eigenvalue weighted by Crippen LogP contribution is 2.26. The van der Waals surface area contributed by atoms with Crippen molar-refractivity contribution in [2.24, 2.45) is 0 Å². The summed E-state index contributed by atoms with van der Waals surface area (Å²) in [7, 11) is 1.61. The minimum Gasteiger partial charge on any atom is -0.466 e. The highest BCUT2D eigenvalue weighted by atomic mass is 16.6. The lowest BCUT2D eigenvalue weighted by molar-refractivity contribution is -0.146. The molecule has 9 heteroatoms. The normalized spacial score (nSPS) is 11.2. The number of nitrogens with one attached hydrogen (secondary N) is 1. The fraction of sp³-hybridized carbons (Fsp3) is 0.407. The molecule has 0 aliphatic carbocycles. The third-order valence-electron chi connectivity index (χ3n) is 5.39. The van der Waals surface area contributed by atoms with Gasteiger partial charge in [-0.3, -0.25) is 14.5 Å². The van der Waals surface area contributed by atoms with Crippen LogP contribution in [0.5, 0.6) is 0 Å². The molecule has 9 nitrogen and oxygen atoms in total. The molecule has 0 aliphatic rings. The molecule has 0 heterocycles. The fourth-order valence-electron chi connectivity index (χ4n) is 3.75. The predicted octanol–water partition coefficient (Wildman–Crippen LogP) is 4.08. The number of amides is 2. The average molecular weight is 499 g/mol. The molecule has 1 N–H and O–H groups in total. The monoisotopic (exact) mass is 498 g/mol. The number of carbonyl (C=O) groups excluding carboxylic acids is 4. The lowest BCUT2D eigenvalue weighted by Gasteiger charge is -2.23. The molecule has 1 atom stereocenters. The van der Waals surface area contributed by atoms with Gasteiger partial charge in [0.1, 0.15) is 12.6 Å². The van der Waals surface area contributed by atoms with Crippen molar-refractivity contribution in [1.29, 1.82) is 0 Å². The van der Waals surface area contributed by atoms with Crippen LogP contribution in [-0.4, -0.2) is 50.2 Å². The minimum atomic E-state index is -1.00. The molecule has 0 spiro atoms. The number of anilines is 1. The number of ether oxygens (including phenoxy) is 3. The highest BCUT2D eigenvalue weighted by Gasteiger charge is 2.25. The van der Waals surface area contributed by atoms with E-state index in [4.69, 9.17) is 14.2 Å². The van der Waals surface area contributed by atoms with Crippen LogP contribution in [0.3, 0.4) is 0 Å². The maximum Gasteiger partial charge on any atom is 0.414 e. The van der Waals surface area contributed by atoms with E-state index in [1.165, 1.54) is 4.90 Å². The maximum atomic E-state index is 13.0. The van der Waals surface area contributed by atoms with Crippen molar-refractivity contribution < 1.29 is 33.4 Å². The van der Waals surface area contributed by atoms with Gasteiger partial charge >= 0.3 is 18.0 Å². The number of benzene rings is 2. The number of esters is 2. The van der Waals surface area contributed by atoms with Crippen molar-refractivity contribution in [3.05, 3.63) is 64.7 Å². The van der Waals surface area contributed by atoms with Crippen LogP contribution in [0.4, 0.5) is 10.5 Å². The summed E-state index contributed by atoms with van der Waals surface area (Å²) < 4.78 is 15.4. The van der Waals surface area contributed by atoms with Crippen LogP contribution in [0, 0.1) is 13.8 Å². The van der Waals surface area contributed by atoms with E-state index in [9.17, 15) is 19.2 Å². The molecule has 2 amide bonds. The van der Waals surface area contributed by atoms with E-state index in [0.717, 1.165) is 5.56 Å². The van der Waals surface area contributed by atoms with Gasteiger partial charge in [-0.25, -0.2) is 9.59 Å². The van der Waals surface area contributed by atoms with Gasteiger partial charge < -0.3 is 19.5 Å². The molecular formula is C27H34N2O7. The van der Waals surface area contributed by atoms with Gasteiger partial charge in [-0.2, -0.15) is 0 Å². The van der Waals surface area contributed by atoms with Gasteiger partial charge in [0.2, 0.25) is 0 Å². The lowest BCUT2D eigenvalue weighted by Crippen LogP contribution is -2.42. The zero-order valence-corrected chi connectivity index (χ0v) is 21.5. The Bertz CT molecular complexity index is 1050. The highest BCUT2D eigenvalue weighted by molar-refractivity contribution is 5.98. The second-order valence-corrected chi connectivity index (χ2v) is 8.18. The Balaban J connectivity index is 2.12. The summed E-state index contributed by atoms with van der Waals surface area (Å²) in [5.74, 6) is -1.58. The van der Waals surface area contributed by atoms with Gasteiger partial charge in [0.05, 0.1) is 18.9 Å². The number of hydrogen-bond acceptors (Lipinski definition) is 7. The van der Waals surface area contributed by atoms with Crippen molar-refractivity contribution in [3.8, 4) is 0 Å². The van der Waals surface area contributed by atoms with Gasteiger partial charge in [0.25, 0.3) is 5.91 Å². The predicted molar refractivity (Wildman–Crippen MR) is 135 cm³/mol. The van der Waals surface area contributed by atoms with Gasteiger partial charge in [-0.15, -0.1) is 0 Å². The van der Waals surface area contributed by atoms with Crippen LogP contribution in [0.15, 0.2) is 42.5 Å². The van der Waals surface area contributed by atoms with E-state index >= 15 is 0 Å². The third-order valence-corrected chi connectivity index (χ3v) is 5.39. The van der Waals surface area contributed by atoms with Gasteiger partial charge in [0, 0.05) is 19.0 Å². The maximum absolute atomic E-state index is 13.0. The molecule has 0 bridgehead atoms. The smallest absolute Gasteiger partial charge is 0.414 e. The Morgan fingerprint density at radius 3 is 2.11 bits per heavy atom. The molecule has 2 aromatic carbocycles. The topological polar surface area (TPSA) is 111 Å². The Hall–Kier alpha value is -3.88. The van der Waals surface area contributed by atoms with E-state index in [0.29, 0.717) is 22.4 Å². The molecule has 36 heavy (non-hydrogen) atoms. The van der Waals surface area contributed by atoms with Crippen molar-refractivity contribution in [1.82, 2.24) is 5.32 Å². The second-order valence-electron chi connectivity index (χ2n) is 8.18. The standard InChI is InChI=1S/C27H34N2O7/c1-6-34-23(30)14-13-22(26(32)35-7-2)28-25(31)21-15-18(3)24(19(4)16-21)29(5)27(33)36-17-20-11-9-8-10-12-20/h8-12,15-16,22H,6-7,13-14,17H2,1-5H3,(H,28,31). The van der Waals surface area contributed by atoms with E-state index in [-0.39, 0.29) is 32.7 Å². The summed E-state index contributed by atoms with van der Waals surface area (Å²) in [5.41, 5.74) is 3.16. The molecule has 2 rings (SSSR count). The Morgan fingerprint density at radius 1 is 0.917 bits per heavy atom. The third kappa shape index (κ3) is 8.11. The number of rotatable bonds is 11. The first-order valence-corrected chi connectivity index (χ1v) is 11.9. The van der Waals surface area contributed by atoms with Crippen molar-refractivity contribution in [3.63, 3.8) is 0 Å². The van der Waals surface area contributed by atoms with E-state index in [1.807, 2.05) is 30.3 Å². The quantitative estimate of drug-likeness (QED) is 0.367. The Morgan fingerprint density at radius 2 is 1.53 bits per heavy atom. The Kier molecular flexibility index (Phi) is 10.9. The fourth-order valence-corrected chi connectivity index (χ4v) is 3.75. The summed E-state index contributed by atoms with van der Waals surface area (Å²) in [4.78, 5) is 51.1. The Labute approximate surface area is 211 Å². The molecule has 0 saturated heterocycles. The summed E-state index contributed by atoms with van der Waals surface area (Å²) in [6.45, 7) is 7.43. The number of hydrogen-bond donors (Lipinski definition) is 1. The first-order valence-electron chi connectivity index (χ1n) is 11.9. The molecule has 1 unspecified atom stereocenters. The van der Waals surface area contributed by atoms with Crippen molar-refractivity contribution in [2.75, 3.05) is 25.2 Å². The van der Waals surface area contributed by atoms with E-state index < -0.39 is 30.0 Å². The second kappa shape index (κ2) is 13.9. The molecule has 0 saturated carbocycles. The molecule has 0 fully saturated rings. The molecule has 2 aromatic rings. The first kappa shape index (κ1) is 28.4. The lowest BCUT2D eigenvalue weighted by atomic mass is 10.0. The van der Waals surface area contributed by atoms with Gasteiger partial charge in [-0.1, -0.05) is 30.3 Å².